The van der Waals surface area contributed by atoms with Gasteiger partial charge in [-0.25, -0.2) is 0 Å². The van der Waals surface area contributed by atoms with E-state index in [1.165, 1.54) is 0 Å². The summed E-state index contributed by atoms with van der Waals surface area (Å²) in [6.07, 6.45) is 0.261. The Bertz CT molecular complexity index is 709. The van der Waals surface area contributed by atoms with Gasteiger partial charge in [0.1, 0.15) is 0 Å². The molecule has 0 aliphatic heterocycles. The molecule has 2 aromatic rings. The molecule has 0 bridgehead atoms. The van der Waals surface area contributed by atoms with Crippen molar-refractivity contribution in [3.05, 3.63) is 65.2 Å². The Morgan fingerprint density at radius 3 is 2.64 bits per heavy atom. The molecule has 1 N–H and O–H groups in total. The Balaban J connectivity index is 1.66. The van der Waals surface area contributed by atoms with Crippen LogP contribution in [0.15, 0.2) is 59.5 Å². The van der Waals surface area contributed by atoms with Gasteiger partial charge in [-0.3, -0.25) is 9.59 Å². The quantitative estimate of drug-likeness (QED) is 0.552. The highest BCUT2D eigenvalue weighted by atomic mass is 35.5. The van der Waals surface area contributed by atoms with Crippen molar-refractivity contribution in [1.82, 2.24) is 5.32 Å². The van der Waals surface area contributed by atoms with Gasteiger partial charge >= 0.3 is 5.97 Å². The number of carbonyl (C=O) groups is 2. The Hall–Kier alpha value is -1.98. The van der Waals surface area contributed by atoms with Gasteiger partial charge in [-0.15, -0.1) is 11.8 Å². The number of rotatable bonds is 8. The van der Waals surface area contributed by atoms with Crippen molar-refractivity contribution in [2.24, 2.45) is 0 Å². The highest BCUT2D eigenvalue weighted by Crippen LogP contribution is 2.18. The van der Waals surface area contributed by atoms with E-state index in [0.29, 0.717) is 10.8 Å². The predicted molar refractivity (Wildman–Crippen MR) is 101 cm³/mol. The molecule has 0 heterocycles. The average molecular weight is 378 g/mol. The number of carbonyl (C=O) groups excluding carboxylic acids is 2. The number of ether oxygens (including phenoxy) is 1. The molecule has 25 heavy (non-hydrogen) atoms. The van der Waals surface area contributed by atoms with Gasteiger partial charge in [0.2, 0.25) is 0 Å². The average Bonchev–Trinajstić information content (AvgIpc) is 2.61. The van der Waals surface area contributed by atoms with Crippen molar-refractivity contribution in [2.45, 2.75) is 24.3 Å². The highest BCUT2D eigenvalue weighted by molar-refractivity contribution is 7.99. The molecular formula is C19H20ClNO3S. The molecule has 0 unspecified atom stereocenters. The summed E-state index contributed by atoms with van der Waals surface area (Å²) in [4.78, 5) is 24.7. The molecule has 6 heteroatoms. The number of halogens is 1. The molecule has 1 amide bonds. The van der Waals surface area contributed by atoms with E-state index < -0.39 is 0 Å². The van der Waals surface area contributed by atoms with E-state index in [4.69, 9.17) is 16.3 Å². The third-order valence-electron chi connectivity index (χ3n) is 3.41. The Kier molecular flexibility index (Phi) is 7.82. The van der Waals surface area contributed by atoms with Crippen LogP contribution in [0.25, 0.3) is 0 Å². The third-order valence-corrected chi connectivity index (χ3v) is 4.66. The number of thioether (sulfide) groups is 1. The summed E-state index contributed by atoms with van der Waals surface area (Å²) in [7, 11) is 0. The molecule has 1 atom stereocenters. The maximum absolute atomic E-state index is 11.9. The van der Waals surface area contributed by atoms with E-state index in [-0.39, 0.29) is 30.9 Å². The molecule has 0 saturated carbocycles. The topological polar surface area (TPSA) is 55.4 Å². The maximum Gasteiger partial charge on any atom is 0.307 e. The number of hydrogen-bond donors (Lipinski definition) is 1. The van der Waals surface area contributed by atoms with Gasteiger partial charge in [-0.1, -0.05) is 41.9 Å². The van der Waals surface area contributed by atoms with Crippen LogP contribution in [0.5, 0.6) is 0 Å². The first-order valence-electron chi connectivity index (χ1n) is 7.93. The summed E-state index contributed by atoms with van der Waals surface area (Å²) >= 11 is 7.52. The van der Waals surface area contributed by atoms with Gasteiger partial charge in [0.25, 0.3) is 5.91 Å². The minimum absolute atomic E-state index is 0.210. The Labute approximate surface area is 156 Å². The molecule has 0 aromatic heterocycles. The van der Waals surface area contributed by atoms with Crippen LogP contribution in [0.3, 0.4) is 0 Å². The highest BCUT2D eigenvalue weighted by Gasteiger charge is 2.12. The Morgan fingerprint density at radius 1 is 1.16 bits per heavy atom. The fourth-order valence-electron chi connectivity index (χ4n) is 2.13. The molecule has 2 aromatic carbocycles. The smallest absolute Gasteiger partial charge is 0.307 e. The lowest BCUT2D eigenvalue weighted by atomic mass is 10.1. The van der Waals surface area contributed by atoms with Crippen molar-refractivity contribution in [3.8, 4) is 0 Å². The lowest BCUT2D eigenvalue weighted by molar-refractivity contribution is -0.148. The standard InChI is InChI=1S/C19H20ClNO3S/c1-14(15-6-5-7-16(20)12-15)21-18(22)13-24-19(23)10-11-25-17-8-3-2-4-9-17/h2-9,12,14H,10-11,13H2,1H3,(H,21,22)/t14-/m0/s1. The number of hydrogen-bond acceptors (Lipinski definition) is 4. The minimum Gasteiger partial charge on any atom is -0.456 e. The largest absolute Gasteiger partial charge is 0.456 e. The van der Waals surface area contributed by atoms with Gasteiger partial charge in [0, 0.05) is 15.7 Å². The fraction of sp³-hybridized carbons (Fsp3) is 0.263. The summed E-state index contributed by atoms with van der Waals surface area (Å²) in [6.45, 7) is 1.57. The number of esters is 1. The van der Waals surface area contributed by atoms with Crippen molar-refractivity contribution in [2.75, 3.05) is 12.4 Å². The minimum atomic E-state index is -0.381. The molecule has 4 nitrogen and oxygen atoms in total. The van der Waals surface area contributed by atoms with Crippen LogP contribution in [-0.4, -0.2) is 24.2 Å². The first-order valence-corrected chi connectivity index (χ1v) is 9.29. The van der Waals surface area contributed by atoms with E-state index in [0.717, 1.165) is 10.5 Å². The molecule has 0 saturated heterocycles. The second-order valence-corrected chi connectivity index (χ2v) is 7.02. The van der Waals surface area contributed by atoms with Gasteiger partial charge in [-0.2, -0.15) is 0 Å². The first kappa shape index (κ1) is 19.3. The fourth-order valence-corrected chi connectivity index (χ4v) is 3.18. The number of nitrogens with one attached hydrogen (secondary N) is 1. The second kappa shape index (κ2) is 10.1. The van der Waals surface area contributed by atoms with Crippen LogP contribution >= 0.6 is 23.4 Å². The number of benzene rings is 2. The molecule has 0 fully saturated rings. The zero-order valence-corrected chi connectivity index (χ0v) is 15.5. The van der Waals surface area contributed by atoms with Crippen LogP contribution in [0, 0.1) is 0 Å². The SMILES string of the molecule is C[C@H](NC(=O)COC(=O)CCSc1ccccc1)c1cccc(Cl)c1. The normalized spacial score (nSPS) is 11.6. The van der Waals surface area contributed by atoms with Gasteiger partial charge in [0.15, 0.2) is 6.61 Å². The van der Waals surface area contributed by atoms with Crippen LogP contribution in [0.4, 0.5) is 0 Å². The summed E-state index contributed by atoms with van der Waals surface area (Å²) in [5.74, 6) is -0.103. The van der Waals surface area contributed by atoms with E-state index >= 15 is 0 Å². The molecule has 0 aliphatic rings. The molecular weight excluding hydrogens is 358 g/mol. The zero-order valence-electron chi connectivity index (χ0n) is 13.9. The maximum atomic E-state index is 11.9. The molecule has 0 radical (unpaired) electrons. The van der Waals surface area contributed by atoms with Gasteiger partial charge < -0.3 is 10.1 Å². The van der Waals surface area contributed by atoms with Gasteiger partial charge in [0.05, 0.1) is 12.5 Å². The zero-order chi connectivity index (χ0) is 18.1. The summed E-state index contributed by atoms with van der Waals surface area (Å²) in [5, 5.41) is 3.39. The van der Waals surface area contributed by atoms with Crippen molar-refractivity contribution < 1.29 is 14.3 Å². The van der Waals surface area contributed by atoms with Crippen LogP contribution in [0.2, 0.25) is 5.02 Å². The third kappa shape index (κ3) is 7.20. The van der Waals surface area contributed by atoms with Gasteiger partial charge in [-0.05, 0) is 36.8 Å². The van der Waals surface area contributed by atoms with E-state index in [9.17, 15) is 9.59 Å². The van der Waals surface area contributed by atoms with E-state index in [1.807, 2.05) is 49.4 Å². The van der Waals surface area contributed by atoms with Crippen molar-refractivity contribution in [1.29, 1.82) is 0 Å². The summed E-state index contributed by atoms with van der Waals surface area (Å²) in [6, 6.07) is 16.9. The van der Waals surface area contributed by atoms with Crippen molar-refractivity contribution in [3.63, 3.8) is 0 Å². The summed E-state index contributed by atoms with van der Waals surface area (Å²) in [5.41, 5.74) is 0.895. The molecule has 0 aliphatic carbocycles. The molecule has 0 spiro atoms. The van der Waals surface area contributed by atoms with Crippen LogP contribution < -0.4 is 5.32 Å². The van der Waals surface area contributed by atoms with E-state index in [2.05, 4.69) is 5.32 Å². The first-order chi connectivity index (χ1) is 12.0. The molecule has 2 rings (SSSR count). The Morgan fingerprint density at radius 2 is 1.92 bits per heavy atom. The van der Waals surface area contributed by atoms with Crippen LogP contribution in [0.1, 0.15) is 24.9 Å². The lowest BCUT2D eigenvalue weighted by Gasteiger charge is -2.14. The van der Waals surface area contributed by atoms with Crippen LogP contribution in [-0.2, 0) is 14.3 Å². The lowest BCUT2D eigenvalue weighted by Crippen LogP contribution is -2.31. The monoisotopic (exact) mass is 377 g/mol. The second-order valence-electron chi connectivity index (χ2n) is 5.42. The summed E-state index contributed by atoms with van der Waals surface area (Å²) < 4.78 is 5.01. The predicted octanol–water partition coefficient (Wildman–Crippen LogP) is 4.24. The molecule has 132 valence electrons. The van der Waals surface area contributed by atoms with E-state index in [1.54, 1.807) is 23.9 Å². The number of amides is 1. The van der Waals surface area contributed by atoms with Crippen molar-refractivity contribution >= 4 is 35.2 Å².